The van der Waals surface area contributed by atoms with Crippen molar-refractivity contribution in [1.82, 2.24) is 0 Å². The van der Waals surface area contributed by atoms with E-state index < -0.39 is 0 Å². The van der Waals surface area contributed by atoms with Gasteiger partial charge in [0, 0.05) is 41.9 Å². The van der Waals surface area contributed by atoms with Crippen molar-refractivity contribution in [2.75, 3.05) is 0 Å². The number of benzene rings is 10. The molecule has 0 fully saturated rings. The van der Waals surface area contributed by atoms with Gasteiger partial charge in [-0.2, -0.15) is 0 Å². The molecule has 0 saturated carbocycles. The molecule has 12 aromatic rings. The van der Waals surface area contributed by atoms with Gasteiger partial charge in [0.2, 0.25) is 0 Å². The van der Waals surface area contributed by atoms with Crippen molar-refractivity contribution in [2.24, 2.45) is 0 Å². The lowest BCUT2D eigenvalue weighted by Gasteiger charge is -2.21. The molecule has 2 heterocycles. The van der Waals surface area contributed by atoms with Crippen LogP contribution in [0.4, 0.5) is 0 Å². The number of furan rings is 1. The highest BCUT2D eigenvalue weighted by Crippen LogP contribution is 2.53. The third kappa shape index (κ3) is 4.67. The number of hydrogen-bond donors (Lipinski definition) is 0. The summed E-state index contributed by atoms with van der Waals surface area (Å²) in [5.74, 6) is 0. The maximum Gasteiger partial charge on any atom is 0.140 e. The van der Waals surface area contributed by atoms with Crippen LogP contribution < -0.4 is 0 Å². The first-order valence-corrected chi connectivity index (χ1v) is 21.3. The summed E-state index contributed by atoms with van der Waals surface area (Å²) in [5.41, 5.74) is 14.5. The van der Waals surface area contributed by atoms with E-state index in [2.05, 4.69) is 196 Å². The minimum absolute atomic E-state index is 0.131. The molecule has 59 heavy (non-hydrogen) atoms. The Morgan fingerprint density at radius 3 is 1.75 bits per heavy atom. The quantitative estimate of drug-likeness (QED) is 0.163. The molecule has 1 aliphatic carbocycles. The summed E-state index contributed by atoms with van der Waals surface area (Å²) in [4.78, 5) is 0. The molecular formula is C57H36OS. The highest BCUT2D eigenvalue weighted by atomic mass is 32.1. The minimum atomic E-state index is -0.131. The average molecular weight is 769 g/mol. The fourth-order valence-electron chi connectivity index (χ4n) is 10.5. The Hall–Kier alpha value is -7.00. The maximum atomic E-state index is 6.76. The van der Waals surface area contributed by atoms with Crippen molar-refractivity contribution in [2.45, 2.75) is 19.3 Å². The van der Waals surface area contributed by atoms with Crippen LogP contribution in [0.2, 0.25) is 0 Å². The van der Waals surface area contributed by atoms with Crippen molar-refractivity contribution in [3.8, 4) is 44.5 Å². The van der Waals surface area contributed by atoms with E-state index in [1.807, 2.05) is 11.3 Å². The molecule has 0 amide bonds. The van der Waals surface area contributed by atoms with Crippen LogP contribution in [0.15, 0.2) is 186 Å². The standard InChI is InChI=1S/C57H36OS/c1-57(2)49-17-9-7-11-39(49)46-27-28-47-48-30-38-29-35(23-24-36(38)31-50(48)58-56(47)55(46)57)33-19-21-34(22-20-33)53-42-13-3-5-15-44(42)54(45-16-6-4-14-43(45)53)37-25-26-41-40-12-8-10-18-51(40)59-52(41)32-37/h3-32H,1-2H3. The predicted octanol–water partition coefficient (Wildman–Crippen LogP) is 16.7. The summed E-state index contributed by atoms with van der Waals surface area (Å²) < 4.78 is 9.42. The first-order chi connectivity index (χ1) is 29.0. The van der Waals surface area contributed by atoms with Gasteiger partial charge in [-0.1, -0.05) is 159 Å². The Morgan fingerprint density at radius 2 is 0.983 bits per heavy atom. The van der Waals surface area contributed by atoms with Gasteiger partial charge in [0.05, 0.1) is 0 Å². The molecule has 10 aromatic carbocycles. The number of hydrogen-bond acceptors (Lipinski definition) is 2. The van der Waals surface area contributed by atoms with Crippen molar-refractivity contribution >= 4 is 85.8 Å². The monoisotopic (exact) mass is 768 g/mol. The van der Waals surface area contributed by atoms with E-state index in [9.17, 15) is 0 Å². The Kier molecular flexibility index (Phi) is 6.73. The number of fused-ring (bicyclic) bond motifs is 13. The summed E-state index contributed by atoms with van der Waals surface area (Å²) in [6, 6.07) is 67.6. The van der Waals surface area contributed by atoms with Crippen LogP contribution in [0, 0.1) is 0 Å². The first-order valence-electron chi connectivity index (χ1n) is 20.5. The fourth-order valence-corrected chi connectivity index (χ4v) is 11.6. The second-order valence-corrected chi connectivity index (χ2v) is 17.9. The van der Waals surface area contributed by atoms with Gasteiger partial charge < -0.3 is 4.42 Å². The van der Waals surface area contributed by atoms with Gasteiger partial charge in [-0.05, 0) is 119 Å². The molecule has 0 spiro atoms. The van der Waals surface area contributed by atoms with E-state index in [0.717, 1.165) is 11.2 Å². The summed E-state index contributed by atoms with van der Waals surface area (Å²) in [6.45, 7) is 4.65. The molecule has 1 nitrogen and oxygen atoms in total. The molecule has 0 radical (unpaired) electrons. The molecule has 0 atom stereocenters. The van der Waals surface area contributed by atoms with E-state index in [4.69, 9.17) is 4.42 Å². The molecule has 276 valence electrons. The van der Waals surface area contributed by atoms with Crippen molar-refractivity contribution in [3.63, 3.8) is 0 Å². The highest BCUT2D eigenvalue weighted by molar-refractivity contribution is 7.25. The van der Waals surface area contributed by atoms with Gasteiger partial charge in [0.1, 0.15) is 11.2 Å². The van der Waals surface area contributed by atoms with Crippen molar-refractivity contribution in [3.05, 3.63) is 193 Å². The topological polar surface area (TPSA) is 13.1 Å². The fraction of sp³-hybridized carbons (Fsp3) is 0.0526. The largest absolute Gasteiger partial charge is 0.456 e. The lowest BCUT2D eigenvalue weighted by Crippen LogP contribution is -2.15. The number of rotatable bonds is 3. The molecular weight excluding hydrogens is 733 g/mol. The smallest absolute Gasteiger partial charge is 0.140 e. The van der Waals surface area contributed by atoms with Gasteiger partial charge >= 0.3 is 0 Å². The Morgan fingerprint density at radius 1 is 0.390 bits per heavy atom. The SMILES string of the molecule is CC1(C)c2ccccc2-c2ccc3c(oc4cc5ccc(-c6ccc(-c7c8ccccc8c(-c8ccc9c(c8)sc8ccccc89)c8ccccc78)cc6)cc5cc43)c21. The van der Waals surface area contributed by atoms with Crippen LogP contribution in [-0.4, -0.2) is 0 Å². The zero-order valence-electron chi connectivity index (χ0n) is 32.6. The van der Waals surface area contributed by atoms with E-state index in [1.165, 1.54) is 119 Å². The van der Waals surface area contributed by atoms with Crippen LogP contribution >= 0.6 is 11.3 Å². The van der Waals surface area contributed by atoms with Gasteiger partial charge in [-0.15, -0.1) is 11.3 Å². The van der Waals surface area contributed by atoms with Crippen LogP contribution in [0.5, 0.6) is 0 Å². The maximum absolute atomic E-state index is 6.76. The van der Waals surface area contributed by atoms with Crippen molar-refractivity contribution < 1.29 is 4.42 Å². The Bertz CT molecular complexity index is 3690. The molecule has 0 bridgehead atoms. The number of thiophene rings is 1. The molecule has 1 aliphatic rings. The van der Waals surface area contributed by atoms with Crippen LogP contribution in [0.3, 0.4) is 0 Å². The lowest BCUT2D eigenvalue weighted by atomic mass is 9.82. The third-order valence-electron chi connectivity index (χ3n) is 13.2. The third-order valence-corrected chi connectivity index (χ3v) is 14.4. The average Bonchev–Trinajstić information content (AvgIpc) is 3.91. The summed E-state index contributed by atoms with van der Waals surface area (Å²) in [6.07, 6.45) is 0. The zero-order valence-corrected chi connectivity index (χ0v) is 33.5. The molecule has 0 saturated heterocycles. The van der Waals surface area contributed by atoms with Crippen molar-refractivity contribution in [1.29, 1.82) is 0 Å². The summed E-state index contributed by atoms with van der Waals surface area (Å²) >= 11 is 1.88. The molecule has 0 unspecified atom stereocenters. The predicted molar refractivity (Wildman–Crippen MR) is 253 cm³/mol. The lowest BCUT2D eigenvalue weighted by molar-refractivity contribution is 0.620. The van der Waals surface area contributed by atoms with Gasteiger partial charge in [-0.3, -0.25) is 0 Å². The van der Waals surface area contributed by atoms with Crippen LogP contribution in [0.25, 0.3) is 119 Å². The molecule has 0 aliphatic heterocycles. The normalized spacial score (nSPS) is 13.4. The van der Waals surface area contributed by atoms with E-state index in [1.54, 1.807) is 0 Å². The van der Waals surface area contributed by atoms with Crippen LogP contribution in [-0.2, 0) is 5.41 Å². The molecule has 0 N–H and O–H groups in total. The second kappa shape index (κ2) is 12.0. The van der Waals surface area contributed by atoms with E-state index in [0.29, 0.717) is 0 Å². The summed E-state index contributed by atoms with van der Waals surface area (Å²) in [5, 5.41) is 12.5. The first kappa shape index (κ1) is 33.0. The Balaban J connectivity index is 0.915. The van der Waals surface area contributed by atoms with E-state index >= 15 is 0 Å². The Labute approximate surface area is 345 Å². The van der Waals surface area contributed by atoms with Crippen LogP contribution in [0.1, 0.15) is 25.0 Å². The van der Waals surface area contributed by atoms with E-state index in [-0.39, 0.29) is 5.41 Å². The zero-order chi connectivity index (χ0) is 39.0. The second-order valence-electron chi connectivity index (χ2n) is 16.8. The summed E-state index contributed by atoms with van der Waals surface area (Å²) in [7, 11) is 0. The molecule has 13 rings (SSSR count). The van der Waals surface area contributed by atoms with Gasteiger partial charge in [0.15, 0.2) is 0 Å². The molecule has 2 aromatic heterocycles. The highest BCUT2D eigenvalue weighted by Gasteiger charge is 2.38. The minimum Gasteiger partial charge on any atom is -0.456 e. The van der Waals surface area contributed by atoms with Gasteiger partial charge in [-0.25, -0.2) is 0 Å². The molecule has 2 heteroatoms. The van der Waals surface area contributed by atoms with Gasteiger partial charge in [0.25, 0.3) is 0 Å².